The number of ether oxygens (including phenoxy) is 1. The molecule has 6 N–H and O–H groups in total. The quantitative estimate of drug-likeness (QED) is 0.387. The molecule has 1 aromatic heterocycles. The summed E-state index contributed by atoms with van der Waals surface area (Å²) < 4.78 is 6.43. The van der Waals surface area contributed by atoms with Crippen molar-refractivity contribution in [2.75, 3.05) is 6.61 Å². The molecule has 122 valence electrons. The van der Waals surface area contributed by atoms with E-state index in [0.29, 0.717) is 0 Å². The van der Waals surface area contributed by atoms with Crippen molar-refractivity contribution in [3.63, 3.8) is 0 Å². The van der Waals surface area contributed by atoms with Crippen LogP contribution in [-0.2, 0) is 9.53 Å². The van der Waals surface area contributed by atoms with E-state index in [9.17, 15) is 24.6 Å². The van der Waals surface area contributed by atoms with Crippen LogP contribution in [-0.4, -0.2) is 56.6 Å². The van der Waals surface area contributed by atoms with Crippen molar-refractivity contribution in [3.05, 3.63) is 33.1 Å². The topological polar surface area (TPSA) is 160 Å². The van der Waals surface area contributed by atoms with E-state index in [-0.39, 0.29) is 0 Å². The second-order valence-corrected chi connectivity index (χ2v) is 5.08. The first-order valence-corrected chi connectivity index (χ1v) is 6.67. The fraction of sp³-hybridized carbons (Fsp3) is 0.583. The van der Waals surface area contributed by atoms with Crippen LogP contribution in [0.3, 0.4) is 0 Å². The van der Waals surface area contributed by atoms with E-state index in [4.69, 9.17) is 10.5 Å². The number of aliphatic hydroxyl groups is 2. The maximum atomic E-state index is 11.8. The summed E-state index contributed by atoms with van der Waals surface area (Å²) in [5.74, 6) is -0.547. The van der Waals surface area contributed by atoms with Crippen LogP contribution in [0.4, 0.5) is 0 Å². The highest BCUT2D eigenvalue weighted by molar-refractivity contribution is 5.81. The van der Waals surface area contributed by atoms with Gasteiger partial charge in [-0.15, -0.1) is 0 Å². The smallest absolute Gasteiger partial charge is 0.330 e. The van der Waals surface area contributed by atoms with Crippen molar-refractivity contribution in [1.82, 2.24) is 14.9 Å². The van der Waals surface area contributed by atoms with Gasteiger partial charge in [0.15, 0.2) is 6.23 Å². The number of nitrogens with one attached hydrogen (secondary N) is 2. The lowest BCUT2D eigenvalue weighted by Gasteiger charge is -2.23. The number of aromatic amines is 1. The number of nitrogens with zero attached hydrogens (tertiary/aromatic N) is 1. The van der Waals surface area contributed by atoms with Gasteiger partial charge in [-0.2, -0.15) is 0 Å². The summed E-state index contributed by atoms with van der Waals surface area (Å²) in [5.41, 5.74) is 4.11. The summed E-state index contributed by atoms with van der Waals surface area (Å²) in [5, 5.41) is 21.8. The van der Waals surface area contributed by atoms with E-state index in [1.165, 1.54) is 13.1 Å². The first kappa shape index (κ1) is 16.4. The number of H-pyrrole nitrogens is 1. The number of carbonyl (C=O) groups excluding carboxylic acids is 1. The number of aromatic nitrogens is 2. The first-order valence-electron chi connectivity index (χ1n) is 6.67. The Morgan fingerprint density at radius 1 is 1.59 bits per heavy atom. The molecule has 0 radical (unpaired) electrons. The maximum absolute atomic E-state index is 11.8. The number of aliphatic hydroxyl groups excluding tert-OH is 2. The van der Waals surface area contributed by atoms with E-state index in [1.54, 1.807) is 0 Å². The van der Waals surface area contributed by atoms with E-state index in [2.05, 4.69) is 10.3 Å². The normalized spacial score (nSPS) is 29.3. The number of nitrogens with two attached hydrogens (primary N) is 1. The first-order chi connectivity index (χ1) is 10.3. The molecule has 1 fully saturated rings. The van der Waals surface area contributed by atoms with Crippen LogP contribution >= 0.6 is 0 Å². The van der Waals surface area contributed by atoms with E-state index < -0.39 is 54.3 Å². The van der Waals surface area contributed by atoms with Gasteiger partial charge >= 0.3 is 5.69 Å². The molecule has 0 spiro atoms. The summed E-state index contributed by atoms with van der Waals surface area (Å²) in [6.45, 7) is 0.961. The van der Waals surface area contributed by atoms with Crippen LogP contribution in [0.1, 0.15) is 13.2 Å². The Bertz CT molecular complexity index is 654. The minimum atomic E-state index is -1.24. The number of hydrogen-bond donors (Lipinski definition) is 5. The molecule has 10 heteroatoms. The molecule has 1 aliphatic rings. The van der Waals surface area contributed by atoms with Crippen molar-refractivity contribution in [1.29, 1.82) is 0 Å². The zero-order valence-electron chi connectivity index (χ0n) is 11.8. The largest absolute Gasteiger partial charge is 0.394 e. The zero-order valence-corrected chi connectivity index (χ0v) is 11.8. The molecule has 0 aromatic carbocycles. The molecule has 5 atom stereocenters. The minimum absolute atomic E-state index is 0.500. The molecule has 1 aromatic rings. The fourth-order valence-corrected chi connectivity index (χ4v) is 2.21. The van der Waals surface area contributed by atoms with Crippen molar-refractivity contribution < 1.29 is 19.7 Å². The molecular formula is C12H18N4O6. The number of amides is 1. The summed E-state index contributed by atoms with van der Waals surface area (Å²) in [4.78, 5) is 36.7. The minimum Gasteiger partial charge on any atom is -0.394 e. The van der Waals surface area contributed by atoms with Crippen molar-refractivity contribution in [2.45, 2.75) is 37.4 Å². The monoisotopic (exact) mass is 314 g/mol. The predicted octanol–water partition coefficient (Wildman–Crippen LogP) is -3.38. The van der Waals surface area contributed by atoms with Gasteiger partial charge in [-0.3, -0.25) is 19.1 Å². The summed E-state index contributed by atoms with van der Waals surface area (Å²) in [6, 6.07) is -0.721. The van der Waals surface area contributed by atoms with Gasteiger partial charge in [0.2, 0.25) is 5.91 Å². The lowest BCUT2D eigenvalue weighted by atomic mass is 10.1. The number of carbonyl (C=O) groups is 1. The van der Waals surface area contributed by atoms with Crippen LogP contribution in [0.5, 0.6) is 0 Å². The molecule has 2 unspecified atom stereocenters. The molecule has 1 aliphatic heterocycles. The second-order valence-electron chi connectivity index (χ2n) is 5.08. The molecule has 0 saturated carbocycles. The molecule has 0 aliphatic carbocycles. The highest BCUT2D eigenvalue weighted by atomic mass is 16.5. The van der Waals surface area contributed by atoms with Crippen molar-refractivity contribution >= 4 is 5.91 Å². The SMILES string of the molecule is CC(N)C(=O)NC1[C@@H](O)[C@@H](CO)O[C@H]1n1ccc(=O)[nH]c1=O. The fourth-order valence-electron chi connectivity index (χ4n) is 2.21. The molecular weight excluding hydrogens is 296 g/mol. The van der Waals surface area contributed by atoms with Crippen LogP contribution in [0.15, 0.2) is 21.9 Å². The molecule has 22 heavy (non-hydrogen) atoms. The third-order valence-electron chi connectivity index (χ3n) is 3.40. The van der Waals surface area contributed by atoms with Gasteiger partial charge in [0.25, 0.3) is 5.56 Å². The lowest BCUT2D eigenvalue weighted by Crippen LogP contribution is -2.52. The molecule has 0 bridgehead atoms. The Morgan fingerprint density at radius 2 is 2.27 bits per heavy atom. The average Bonchev–Trinajstić information content (AvgIpc) is 2.76. The Hall–Kier alpha value is -2.01. The molecule has 2 heterocycles. The maximum Gasteiger partial charge on any atom is 0.330 e. The van der Waals surface area contributed by atoms with Gasteiger partial charge in [-0.05, 0) is 6.92 Å². The van der Waals surface area contributed by atoms with Crippen LogP contribution < -0.4 is 22.3 Å². The second kappa shape index (κ2) is 6.40. The standard InChI is InChI=1S/C12H18N4O6/c1-5(13)10(20)15-8-9(19)6(4-17)22-11(8)16-3-2-7(18)14-12(16)21/h2-3,5-6,8-9,11,17,19H,4,13H2,1H3,(H,15,20)(H,14,18,21)/t5?,6-,8?,9+,11-/m1/s1. The van der Waals surface area contributed by atoms with Crippen molar-refractivity contribution in [3.8, 4) is 0 Å². The highest BCUT2D eigenvalue weighted by Gasteiger charge is 2.45. The molecule has 10 nitrogen and oxygen atoms in total. The third-order valence-corrected chi connectivity index (χ3v) is 3.40. The van der Waals surface area contributed by atoms with Gasteiger partial charge in [0, 0.05) is 12.3 Å². The third kappa shape index (κ3) is 3.09. The van der Waals surface area contributed by atoms with Crippen LogP contribution in [0, 0.1) is 0 Å². The Labute approximate surface area is 124 Å². The van der Waals surface area contributed by atoms with Gasteiger partial charge in [0.05, 0.1) is 12.6 Å². The van der Waals surface area contributed by atoms with Crippen LogP contribution in [0.2, 0.25) is 0 Å². The number of rotatable bonds is 4. The van der Waals surface area contributed by atoms with E-state index in [1.807, 2.05) is 0 Å². The molecule has 1 amide bonds. The van der Waals surface area contributed by atoms with Crippen molar-refractivity contribution in [2.24, 2.45) is 5.73 Å². The summed E-state index contributed by atoms with van der Waals surface area (Å²) >= 11 is 0. The van der Waals surface area contributed by atoms with E-state index >= 15 is 0 Å². The number of hydrogen-bond acceptors (Lipinski definition) is 7. The summed E-state index contributed by atoms with van der Waals surface area (Å²) in [7, 11) is 0. The van der Waals surface area contributed by atoms with Gasteiger partial charge < -0.3 is 26.0 Å². The Morgan fingerprint density at radius 3 is 2.82 bits per heavy atom. The average molecular weight is 314 g/mol. The van der Waals surface area contributed by atoms with Crippen LogP contribution in [0.25, 0.3) is 0 Å². The van der Waals surface area contributed by atoms with Gasteiger partial charge in [0.1, 0.15) is 18.2 Å². The predicted molar refractivity (Wildman–Crippen MR) is 73.9 cm³/mol. The van der Waals surface area contributed by atoms with Gasteiger partial charge in [-0.1, -0.05) is 0 Å². The van der Waals surface area contributed by atoms with Gasteiger partial charge in [-0.25, -0.2) is 4.79 Å². The molecule has 1 saturated heterocycles. The lowest BCUT2D eigenvalue weighted by molar-refractivity contribution is -0.124. The molecule has 2 rings (SSSR count). The van der Waals surface area contributed by atoms with E-state index in [0.717, 1.165) is 10.6 Å². The Balaban J connectivity index is 2.35. The zero-order chi connectivity index (χ0) is 16.4. The Kier molecular flexibility index (Phi) is 4.76. The highest BCUT2D eigenvalue weighted by Crippen LogP contribution is 2.28. The summed E-state index contributed by atoms with van der Waals surface area (Å²) in [6.07, 6.45) is -2.12.